The van der Waals surface area contributed by atoms with Crippen LogP contribution in [0, 0.1) is 20.8 Å². The Kier molecular flexibility index (Phi) is 5.29. The van der Waals surface area contributed by atoms with Gasteiger partial charge >= 0.3 is 0 Å². The van der Waals surface area contributed by atoms with E-state index >= 15 is 0 Å². The highest BCUT2D eigenvalue weighted by Gasteiger charge is 2.28. The van der Waals surface area contributed by atoms with Gasteiger partial charge in [-0.05, 0) is 73.9 Å². The van der Waals surface area contributed by atoms with Gasteiger partial charge in [-0.2, -0.15) is 0 Å². The van der Waals surface area contributed by atoms with Gasteiger partial charge in [-0.1, -0.05) is 24.3 Å². The van der Waals surface area contributed by atoms with Gasteiger partial charge in [0.25, 0.3) is 5.91 Å². The van der Waals surface area contributed by atoms with E-state index in [2.05, 4.69) is 10.6 Å². The maximum Gasteiger partial charge on any atom is 0.255 e. The van der Waals surface area contributed by atoms with Gasteiger partial charge in [0.1, 0.15) is 6.42 Å². The topological polar surface area (TPSA) is 78.5 Å². The summed E-state index contributed by atoms with van der Waals surface area (Å²) in [6.07, 6.45) is -0.237. The molecule has 1 aliphatic heterocycles. The lowest BCUT2D eigenvalue weighted by Crippen LogP contribution is -2.26. The van der Waals surface area contributed by atoms with Crippen LogP contribution in [0.3, 0.4) is 0 Å². The van der Waals surface area contributed by atoms with Crippen LogP contribution in [-0.2, 0) is 9.59 Å². The molecule has 0 saturated carbocycles. The second kappa shape index (κ2) is 8.07. The van der Waals surface area contributed by atoms with Crippen LogP contribution in [0.15, 0.2) is 60.7 Å². The number of hydrogen-bond acceptors (Lipinski definition) is 3. The molecular formula is C25H23N3O3. The van der Waals surface area contributed by atoms with Crippen molar-refractivity contribution in [2.24, 2.45) is 0 Å². The number of nitrogens with one attached hydrogen (secondary N) is 2. The molecular weight excluding hydrogens is 390 g/mol. The molecule has 1 aliphatic rings. The minimum absolute atomic E-state index is 0.185. The molecule has 0 saturated heterocycles. The Morgan fingerprint density at radius 2 is 1.58 bits per heavy atom. The molecule has 3 aromatic carbocycles. The number of hydrogen-bond donors (Lipinski definition) is 2. The fourth-order valence-electron chi connectivity index (χ4n) is 3.71. The molecule has 3 amide bonds. The summed E-state index contributed by atoms with van der Waals surface area (Å²) < 4.78 is 0. The molecule has 6 heteroatoms. The van der Waals surface area contributed by atoms with E-state index in [0.29, 0.717) is 28.3 Å². The second-order valence-electron chi connectivity index (χ2n) is 7.67. The van der Waals surface area contributed by atoms with Gasteiger partial charge in [0.2, 0.25) is 11.8 Å². The van der Waals surface area contributed by atoms with Gasteiger partial charge in [-0.3, -0.25) is 19.3 Å². The Balaban J connectivity index is 1.63. The standard InChI is InChI=1S/C25H23N3O3/c1-15-6-4-8-20(17(15)3)25(31)26-18-10-12-19(13-11-18)28-21-9-5-7-16(2)24(21)27-22(29)14-23(28)30/h4-13H,14H2,1-3H3,(H,26,31)(H,27,29). The summed E-state index contributed by atoms with van der Waals surface area (Å²) in [7, 11) is 0. The minimum Gasteiger partial charge on any atom is -0.324 e. The summed E-state index contributed by atoms with van der Waals surface area (Å²) in [5.74, 6) is -0.829. The summed E-state index contributed by atoms with van der Waals surface area (Å²) >= 11 is 0. The summed E-state index contributed by atoms with van der Waals surface area (Å²) in [5.41, 5.74) is 6.00. The summed E-state index contributed by atoms with van der Waals surface area (Å²) in [6.45, 7) is 5.78. The van der Waals surface area contributed by atoms with Gasteiger partial charge in [-0.15, -0.1) is 0 Å². The number of anilines is 4. The molecule has 156 valence electrons. The largest absolute Gasteiger partial charge is 0.324 e. The summed E-state index contributed by atoms with van der Waals surface area (Å²) in [6, 6.07) is 18.2. The van der Waals surface area contributed by atoms with Crippen molar-refractivity contribution in [3.05, 3.63) is 82.9 Å². The first-order valence-corrected chi connectivity index (χ1v) is 10.0. The molecule has 0 radical (unpaired) electrons. The van der Waals surface area contributed by atoms with Crippen molar-refractivity contribution in [1.82, 2.24) is 0 Å². The highest BCUT2D eigenvalue weighted by molar-refractivity contribution is 6.17. The number of carbonyl (C=O) groups excluding carboxylic acids is 3. The van der Waals surface area contributed by atoms with Crippen LogP contribution in [0.1, 0.15) is 33.5 Å². The molecule has 6 nitrogen and oxygen atoms in total. The van der Waals surface area contributed by atoms with E-state index < -0.39 is 0 Å². The number of carbonyl (C=O) groups is 3. The number of benzene rings is 3. The molecule has 0 aromatic heterocycles. The van der Waals surface area contributed by atoms with E-state index in [1.165, 1.54) is 4.90 Å². The number of rotatable bonds is 3. The maximum atomic E-state index is 12.8. The number of nitrogens with zero attached hydrogens (tertiary/aromatic N) is 1. The van der Waals surface area contributed by atoms with Crippen molar-refractivity contribution in [2.75, 3.05) is 15.5 Å². The lowest BCUT2D eigenvalue weighted by Gasteiger charge is -2.23. The smallest absolute Gasteiger partial charge is 0.255 e. The third-order valence-electron chi connectivity index (χ3n) is 5.55. The molecule has 3 aromatic rings. The summed E-state index contributed by atoms with van der Waals surface area (Å²) in [4.78, 5) is 39.2. The normalized spacial score (nSPS) is 13.3. The molecule has 2 N–H and O–H groups in total. The lowest BCUT2D eigenvalue weighted by molar-refractivity contribution is -0.124. The molecule has 0 spiro atoms. The van der Waals surface area contributed by atoms with E-state index in [4.69, 9.17) is 0 Å². The van der Waals surface area contributed by atoms with E-state index in [9.17, 15) is 14.4 Å². The SMILES string of the molecule is Cc1cccc(C(=O)Nc2ccc(N3C(=O)CC(=O)Nc4c(C)cccc43)cc2)c1C. The zero-order chi connectivity index (χ0) is 22.1. The fraction of sp³-hybridized carbons (Fsp3) is 0.160. The van der Waals surface area contributed by atoms with Crippen molar-refractivity contribution in [2.45, 2.75) is 27.2 Å². The number of fused-ring (bicyclic) bond motifs is 1. The quantitative estimate of drug-likeness (QED) is 0.601. The molecule has 0 atom stereocenters. The number of amides is 3. The molecule has 1 heterocycles. The monoisotopic (exact) mass is 413 g/mol. The average molecular weight is 413 g/mol. The van der Waals surface area contributed by atoms with Crippen LogP contribution in [-0.4, -0.2) is 17.7 Å². The van der Waals surface area contributed by atoms with Gasteiger partial charge in [0.05, 0.1) is 11.4 Å². The van der Waals surface area contributed by atoms with Gasteiger partial charge in [-0.25, -0.2) is 0 Å². The first-order chi connectivity index (χ1) is 14.8. The van der Waals surface area contributed by atoms with Gasteiger partial charge in [0.15, 0.2) is 0 Å². The highest BCUT2D eigenvalue weighted by Crippen LogP contribution is 2.37. The van der Waals surface area contributed by atoms with E-state index in [-0.39, 0.29) is 24.1 Å². The lowest BCUT2D eigenvalue weighted by atomic mass is 10.0. The number of para-hydroxylation sites is 1. The van der Waals surface area contributed by atoms with Crippen LogP contribution >= 0.6 is 0 Å². The predicted octanol–water partition coefficient (Wildman–Crippen LogP) is 4.87. The predicted molar refractivity (Wildman–Crippen MR) is 122 cm³/mol. The van der Waals surface area contributed by atoms with E-state index in [0.717, 1.165) is 16.7 Å². The third-order valence-corrected chi connectivity index (χ3v) is 5.55. The Bertz CT molecular complexity index is 1200. The molecule has 0 fully saturated rings. The fourth-order valence-corrected chi connectivity index (χ4v) is 3.71. The van der Waals surface area contributed by atoms with Gasteiger partial charge in [0, 0.05) is 16.9 Å². The zero-order valence-corrected chi connectivity index (χ0v) is 17.7. The van der Waals surface area contributed by atoms with Crippen LogP contribution in [0.25, 0.3) is 0 Å². The van der Waals surface area contributed by atoms with Crippen LogP contribution < -0.4 is 15.5 Å². The molecule has 31 heavy (non-hydrogen) atoms. The van der Waals surface area contributed by atoms with Gasteiger partial charge < -0.3 is 10.6 Å². The Morgan fingerprint density at radius 3 is 2.32 bits per heavy atom. The average Bonchev–Trinajstić information content (AvgIpc) is 2.86. The Labute approximate surface area is 180 Å². The minimum atomic E-state index is -0.333. The first kappa shape index (κ1) is 20.3. The van der Waals surface area contributed by atoms with Crippen molar-refractivity contribution in [1.29, 1.82) is 0 Å². The number of aryl methyl sites for hydroxylation is 2. The van der Waals surface area contributed by atoms with Crippen LogP contribution in [0.5, 0.6) is 0 Å². The van der Waals surface area contributed by atoms with Crippen molar-refractivity contribution in [3.63, 3.8) is 0 Å². The van der Waals surface area contributed by atoms with E-state index in [1.807, 2.05) is 51.1 Å². The first-order valence-electron chi connectivity index (χ1n) is 10.0. The van der Waals surface area contributed by atoms with Crippen molar-refractivity contribution < 1.29 is 14.4 Å². The van der Waals surface area contributed by atoms with Crippen LogP contribution in [0.2, 0.25) is 0 Å². The van der Waals surface area contributed by atoms with E-state index in [1.54, 1.807) is 30.3 Å². The molecule has 0 bridgehead atoms. The Morgan fingerprint density at radius 1 is 0.903 bits per heavy atom. The van der Waals surface area contributed by atoms with Crippen molar-refractivity contribution >= 4 is 40.5 Å². The second-order valence-corrected chi connectivity index (χ2v) is 7.67. The maximum absolute atomic E-state index is 12.8. The molecule has 0 unspecified atom stereocenters. The Hall–Kier alpha value is -3.93. The van der Waals surface area contributed by atoms with Crippen molar-refractivity contribution in [3.8, 4) is 0 Å². The highest BCUT2D eigenvalue weighted by atomic mass is 16.2. The molecule has 0 aliphatic carbocycles. The third kappa shape index (κ3) is 3.92. The summed E-state index contributed by atoms with van der Waals surface area (Å²) in [5, 5.41) is 5.73. The zero-order valence-electron chi connectivity index (χ0n) is 17.7. The molecule has 4 rings (SSSR count). The van der Waals surface area contributed by atoms with Crippen LogP contribution in [0.4, 0.5) is 22.7 Å².